The van der Waals surface area contributed by atoms with E-state index in [1.54, 1.807) is 0 Å². The lowest BCUT2D eigenvalue weighted by atomic mass is 10.0. The number of thiophene rings is 1. The van der Waals surface area contributed by atoms with Gasteiger partial charge in [-0.25, -0.2) is 4.98 Å². The van der Waals surface area contributed by atoms with Gasteiger partial charge in [-0.2, -0.15) is 0 Å². The maximum atomic E-state index is 13.6. The van der Waals surface area contributed by atoms with Gasteiger partial charge in [0.25, 0.3) is 5.56 Å². The number of benzene rings is 2. The van der Waals surface area contributed by atoms with Crippen LogP contribution in [-0.2, 0) is 4.79 Å². The summed E-state index contributed by atoms with van der Waals surface area (Å²) in [6.45, 7) is 7.78. The molecule has 1 atom stereocenters. The van der Waals surface area contributed by atoms with Gasteiger partial charge in [-0.3, -0.25) is 14.2 Å². The van der Waals surface area contributed by atoms with Crippen LogP contribution in [0.4, 0.5) is 5.69 Å². The number of anilines is 1. The van der Waals surface area contributed by atoms with Crippen LogP contribution >= 0.6 is 22.9 Å². The van der Waals surface area contributed by atoms with Crippen LogP contribution < -0.4 is 10.9 Å². The standard InChI is InChI=1S/C25H24ClN3O2S/c1-5-19(23(30)28-22-14(2)7-6-8-15(22)3)29-13-27-24-21(25(29)31)20(16(4)32-24)17-9-11-18(26)12-10-17/h6-13,19H,5H2,1-4H3,(H,28,30). The van der Waals surface area contributed by atoms with Gasteiger partial charge in [0.1, 0.15) is 10.9 Å². The number of amides is 1. The van der Waals surface area contributed by atoms with Crippen molar-refractivity contribution < 1.29 is 4.79 Å². The molecule has 0 spiro atoms. The summed E-state index contributed by atoms with van der Waals surface area (Å²) in [4.78, 5) is 33.0. The summed E-state index contributed by atoms with van der Waals surface area (Å²) < 4.78 is 1.46. The molecule has 5 nitrogen and oxygen atoms in total. The number of aryl methyl sites for hydroxylation is 3. The molecule has 0 bridgehead atoms. The van der Waals surface area contributed by atoms with Crippen LogP contribution in [0.3, 0.4) is 0 Å². The van der Waals surface area contributed by atoms with Crippen molar-refractivity contribution in [2.75, 3.05) is 5.32 Å². The number of halogens is 1. The molecule has 0 saturated heterocycles. The van der Waals surface area contributed by atoms with Gasteiger partial charge in [-0.15, -0.1) is 11.3 Å². The molecule has 4 aromatic rings. The van der Waals surface area contributed by atoms with Crippen molar-refractivity contribution >= 4 is 44.7 Å². The average molecular weight is 466 g/mol. The van der Waals surface area contributed by atoms with Gasteiger partial charge in [0, 0.05) is 21.2 Å². The Balaban J connectivity index is 1.80. The third-order valence-electron chi connectivity index (χ3n) is 5.70. The van der Waals surface area contributed by atoms with Gasteiger partial charge in [0.05, 0.1) is 11.7 Å². The zero-order chi connectivity index (χ0) is 23.0. The fourth-order valence-corrected chi connectivity index (χ4v) is 5.16. The van der Waals surface area contributed by atoms with Gasteiger partial charge in [0.15, 0.2) is 0 Å². The number of hydrogen-bond acceptors (Lipinski definition) is 4. The minimum atomic E-state index is -0.670. The summed E-state index contributed by atoms with van der Waals surface area (Å²) in [5, 5.41) is 4.20. The molecule has 0 aliphatic carbocycles. The van der Waals surface area contributed by atoms with Gasteiger partial charge in [-0.05, 0) is 56.0 Å². The molecular formula is C25H24ClN3O2S. The number of rotatable bonds is 5. The smallest absolute Gasteiger partial charge is 0.263 e. The normalized spacial score (nSPS) is 12.2. The highest BCUT2D eigenvalue weighted by Gasteiger charge is 2.24. The lowest BCUT2D eigenvalue weighted by molar-refractivity contribution is -0.119. The monoisotopic (exact) mass is 465 g/mol. The Bertz CT molecular complexity index is 1350. The molecule has 7 heteroatoms. The molecular weight excluding hydrogens is 442 g/mol. The van der Waals surface area contributed by atoms with E-state index < -0.39 is 6.04 Å². The third-order valence-corrected chi connectivity index (χ3v) is 6.97. The Labute approximate surface area is 195 Å². The Morgan fingerprint density at radius 3 is 2.41 bits per heavy atom. The lowest BCUT2D eigenvalue weighted by Crippen LogP contribution is -2.33. The second kappa shape index (κ2) is 8.88. The predicted molar refractivity (Wildman–Crippen MR) is 133 cm³/mol. The number of aromatic nitrogens is 2. The molecule has 0 saturated carbocycles. The Hall–Kier alpha value is -2.96. The second-order valence-electron chi connectivity index (χ2n) is 7.86. The zero-order valence-electron chi connectivity index (χ0n) is 18.4. The Morgan fingerprint density at radius 2 is 1.78 bits per heavy atom. The van der Waals surface area contributed by atoms with Crippen molar-refractivity contribution in [3.63, 3.8) is 0 Å². The van der Waals surface area contributed by atoms with Crippen LogP contribution in [0.2, 0.25) is 5.02 Å². The fraction of sp³-hybridized carbons (Fsp3) is 0.240. The summed E-state index contributed by atoms with van der Waals surface area (Å²) in [5.74, 6) is -0.229. The molecule has 32 heavy (non-hydrogen) atoms. The molecule has 0 radical (unpaired) electrons. The van der Waals surface area contributed by atoms with E-state index in [2.05, 4.69) is 10.3 Å². The van der Waals surface area contributed by atoms with Crippen LogP contribution in [0.1, 0.15) is 35.4 Å². The summed E-state index contributed by atoms with van der Waals surface area (Å²) in [7, 11) is 0. The van der Waals surface area contributed by atoms with Crippen molar-refractivity contribution in [3.8, 4) is 11.1 Å². The second-order valence-corrected chi connectivity index (χ2v) is 9.50. The van der Waals surface area contributed by atoms with Crippen molar-refractivity contribution in [2.24, 2.45) is 0 Å². The van der Waals surface area contributed by atoms with E-state index in [0.717, 1.165) is 32.8 Å². The number of nitrogens with one attached hydrogen (secondary N) is 1. The first kappa shape index (κ1) is 22.2. The molecule has 2 aromatic carbocycles. The molecule has 1 N–H and O–H groups in total. The van der Waals surface area contributed by atoms with Gasteiger partial charge >= 0.3 is 0 Å². The maximum Gasteiger partial charge on any atom is 0.263 e. The minimum absolute atomic E-state index is 0.215. The molecule has 0 fully saturated rings. The molecule has 0 aliphatic rings. The molecule has 0 aliphatic heterocycles. The number of fused-ring (bicyclic) bond motifs is 1. The van der Waals surface area contributed by atoms with Gasteiger partial charge in [-0.1, -0.05) is 48.9 Å². The number of carbonyl (C=O) groups excluding carboxylic acids is 1. The Kier molecular flexibility index (Phi) is 6.17. The third kappa shape index (κ3) is 3.96. The van der Waals surface area contributed by atoms with Crippen LogP contribution in [0.25, 0.3) is 21.3 Å². The van der Waals surface area contributed by atoms with Crippen molar-refractivity contribution in [3.05, 3.63) is 80.2 Å². The maximum absolute atomic E-state index is 13.6. The number of para-hydroxylation sites is 1. The van der Waals surface area contributed by atoms with Gasteiger partial charge in [0.2, 0.25) is 5.91 Å². The summed E-state index contributed by atoms with van der Waals surface area (Å²) in [6, 6.07) is 12.6. The quantitative estimate of drug-likeness (QED) is 0.376. The number of hydrogen-bond donors (Lipinski definition) is 1. The first-order chi connectivity index (χ1) is 15.3. The van der Waals surface area contributed by atoms with E-state index in [0.29, 0.717) is 21.7 Å². The lowest BCUT2D eigenvalue weighted by Gasteiger charge is -2.19. The van der Waals surface area contributed by atoms with E-state index in [4.69, 9.17) is 11.6 Å². The first-order valence-electron chi connectivity index (χ1n) is 10.4. The van der Waals surface area contributed by atoms with Gasteiger partial charge < -0.3 is 5.32 Å². The highest BCUT2D eigenvalue weighted by atomic mass is 35.5. The predicted octanol–water partition coefficient (Wildman–Crippen LogP) is 6.29. The highest BCUT2D eigenvalue weighted by molar-refractivity contribution is 7.19. The van der Waals surface area contributed by atoms with Crippen molar-refractivity contribution in [1.82, 2.24) is 9.55 Å². The number of nitrogens with zero attached hydrogens (tertiary/aromatic N) is 2. The molecule has 1 amide bonds. The molecule has 2 aromatic heterocycles. The van der Waals surface area contributed by atoms with Crippen molar-refractivity contribution in [2.45, 2.75) is 40.2 Å². The van der Waals surface area contributed by atoms with E-state index in [9.17, 15) is 9.59 Å². The molecule has 2 heterocycles. The van der Waals surface area contributed by atoms with Crippen molar-refractivity contribution in [1.29, 1.82) is 0 Å². The SMILES string of the molecule is CCC(C(=O)Nc1c(C)cccc1C)n1cnc2sc(C)c(-c3ccc(Cl)cc3)c2c1=O. The fourth-order valence-electron chi connectivity index (χ4n) is 4.03. The Morgan fingerprint density at radius 1 is 1.12 bits per heavy atom. The van der Waals surface area contributed by atoms with Crippen LogP contribution in [0.5, 0.6) is 0 Å². The average Bonchev–Trinajstić information content (AvgIpc) is 3.10. The zero-order valence-corrected chi connectivity index (χ0v) is 20.0. The van der Waals surface area contributed by atoms with Crippen LogP contribution in [-0.4, -0.2) is 15.5 Å². The summed E-state index contributed by atoms with van der Waals surface area (Å²) >= 11 is 7.53. The minimum Gasteiger partial charge on any atom is -0.324 e. The molecule has 4 rings (SSSR count). The summed E-state index contributed by atoms with van der Waals surface area (Å²) in [6.07, 6.45) is 1.95. The van der Waals surface area contributed by atoms with E-state index >= 15 is 0 Å². The molecule has 1 unspecified atom stereocenters. The van der Waals surface area contributed by atoms with Crippen LogP contribution in [0, 0.1) is 20.8 Å². The van der Waals surface area contributed by atoms with E-state index in [1.807, 2.05) is 70.2 Å². The largest absolute Gasteiger partial charge is 0.324 e. The topological polar surface area (TPSA) is 64.0 Å². The highest BCUT2D eigenvalue weighted by Crippen LogP contribution is 2.36. The van der Waals surface area contributed by atoms with E-state index in [1.165, 1.54) is 22.2 Å². The first-order valence-corrected chi connectivity index (χ1v) is 11.6. The number of carbonyl (C=O) groups is 1. The van der Waals surface area contributed by atoms with Crippen LogP contribution in [0.15, 0.2) is 53.6 Å². The summed E-state index contributed by atoms with van der Waals surface area (Å²) in [5.41, 5.74) is 4.28. The van der Waals surface area contributed by atoms with E-state index in [-0.39, 0.29) is 11.5 Å². The molecule has 164 valence electrons.